The van der Waals surface area contributed by atoms with Crippen molar-refractivity contribution in [2.45, 2.75) is 43.6 Å². The van der Waals surface area contributed by atoms with Gasteiger partial charge in [-0.3, -0.25) is 4.79 Å². The third kappa shape index (κ3) is 4.80. The van der Waals surface area contributed by atoms with Gasteiger partial charge in [0.05, 0.1) is 22.5 Å². The van der Waals surface area contributed by atoms with Gasteiger partial charge in [-0.1, -0.05) is 18.2 Å². The maximum atomic E-state index is 12.8. The molecule has 1 saturated carbocycles. The smallest absolute Gasteiger partial charge is 0.252 e. The number of amides is 1. The third-order valence-corrected chi connectivity index (χ3v) is 6.16. The first-order valence-electron chi connectivity index (χ1n) is 10.5. The molecule has 158 valence electrons. The van der Waals surface area contributed by atoms with Crippen LogP contribution < -0.4 is 5.32 Å². The zero-order valence-corrected chi connectivity index (χ0v) is 18.6. The van der Waals surface area contributed by atoms with E-state index in [9.17, 15) is 10.1 Å². The van der Waals surface area contributed by atoms with Crippen LogP contribution >= 0.6 is 11.8 Å². The molecule has 1 aliphatic carbocycles. The van der Waals surface area contributed by atoms with Crippen molar-refractivity contribution in [1.29, 1.82) is 5.26 Å². The number of benzene rings is 1. The molecule has 1 fully saturated rings. The number of nitriles is 1. The number of aryl methyl sites for hydroxylation is 2. The molecule has 6 nitrogen and oxygen atoms in total. The fourth-order valence-electron chi connectivity index (χ4n) is 3.59. The number of carbonyl (C=O) groups is 1. The number of hydrogen-bond acceptors (Lipinski definition) is 5. The van der Waals surface area contributed by atoms with Crippen molar-refractivity contribution in [2.24, 2.45) is 0 Å². The molecular weight excluding hydrogens is 406 g/mol. The standard InChI is InChI=1S/C24H25N5OS/c1-16-18(15-29(28-16)19-8-4-3-5-9-19)7-6-12-26-23(30)20-13-22(17-10-11-17)27-24(31-2)21(20)14-25/h3-5,8-9,13,15,17H,6-7,10-12H2,1-2H3,(H,26,30). The van der Waals surface area contributed by atoms with E-state index in [0.717, 1.165) is 42.8 Å². The zero-order valence-electron chi connectivity index (χ0n) is 17.8. The minimum atomic E-state index is -0.201. The van der Waals surface area contributed by atoms with Gasteiger partial charge in [-0.15, -0.1) is 11.8 Å². The summed E-state index contributed by atoms with van der Waals surface area (Å²) in [5.41, 5.74) is 4.93. The van der Waals surface area contributed by atoms with Crippen molar-refractivity contribution in [3.8, 4) is 11.8 Å². The van der Waals surface area contributed by atoms with E-state index in [1.54, 1.807) is 6.07 Å². The van der Waals surface area contributed by atoms with Crippen LogP contribution in [0.25, 0.3) is 5.69 Å². The number of nitrogens with one attached hydrogen (secondary N) is 1. The Morgan fingerprint density at radius 3 is 2.77 bits per heavy atom. The van der Waals surface area contributed by atoms with Gasteiger partial charge in [0.15, 0.2) is 0 Å². The summed E-state index contributed by atoms with van der Waals surface area (Å²) in [6.45, 7) is 2.54. The van der Waals surface area contributed by atoms with E-state index >= 15 is 0 Å². The van der Waals surface area contributed by atoms with E-state index in [1.165, 1.54) is 17.3 Å². The molecule has 1 amide bonds. The first kappa shape index (κ1) is 21.1. The largest absolute Gasteiger partial charge is 0.352 e. The highest BCUT2D eigenvalue weighted by molar-refractivity contribution is 7.98. The second-order valence-corrected chi connectivity index (χ2v) is 8.54. The molecule has 0 atom stereocenters. The lowest BCUT2D eigenvalue weighted by Crippen LogP contribution is -2.26. The van der Waals surface area contributed by atoms with Crippen molar-refractivity contribution < 1.29 is 4.79 Å². The summed E-state index contributed by atoms with van der Waals surface area (Å²) >= 11 is 1.42. The van der Waals surface area contributed by atoms with E-state index in [1.807, 2.05) is 48.2 Å². The molecule has 2 aromatic heterocycles. The van der Waals surface area contributed by atoms with Crippen molar-refractivity contribution >= 4 is 17.7 Å². The Balaban J connectivity index is 1.39. The normalized spacial score (nSPS) is 13.1. The van der Waals surface area contributed by atoms with Gasteiger partial charge in [-0.2, -0.15) is 10.4 Å². The van der Waals surface area contributed by atoms with E-state index in [4.69, 9.17) is 0 Å². The van der Waals surface area contributed by atoms with E-state index in [0.29, 0.717) is 28.6 Å². The minimum absolute atomic E-state index is 0.201. The topological polar surface area (TPSA) is 83.6 Å². The fraction of sp³-hybridized carbons (Fsp3) is 0.333. The van der Waals surface area contributed by atoms with Gasteiger partial charge in [0.25, 0.3) is 5.91 Å². The second-order valence-electron chi connectivity index (χ2n) is 7.74. The second kappa shape index (κ2) is 9.36. The Hall–Kier alpha value is -3.11. The average Bonchev–Trinajstić information content (AvgIpc) is 3.59. The summed E-state index contributed by atoms with van der Waals surface area (Å²) in [6.07, 6.45) is 7.76. The lowest BCUT2D eigenvalue weighted by atomic mass is 10.1. The van der Waals surface area contributed by atoms with Crippen molar-refractivity contribution in [1.82, 2.24) is 20.1 Å². The molecule has 1 aromatic carbocycles. The van der Waals surface area contributed by atoms with Crippen LogP contribution in [0.3, 0.4) is 0 Å². The Morgan fingerprint density at radius 1 is 1.32 bits per heavy atom. The van der Waals surface area contributed by atoms with Crippen LogP contribution in [0.15, 0.2) is 47.6 Å². The first-order valence-corrected chi connectivity index (χ1v) is 11.7. The van der Waals surface area contributed by atoms with Gasteiger partial charge >= 0.3 is 0 Å². The lowest BCUT2D eigenvalue weighted by Gasteiger charge is -2.11. The molecule has 1 aliphatic rings. The van der Waals surface area contributed by atoms with Crippen LogP contribution in [0.4, 0.5) is 0 Å². The van der Waals surface area contributed by atoms with Crippen LogP contribution in [0.5, 0.6) is 0 Å². The summed E-state index contributed by atoms with van der Waals surface area (Å²) < 4.78 is 1.89. The van der Waals surface area contributed by atoms with E-state index < -0.39 is 0 Å². The Kier molecular flexibility index (Phi) is 6.38. The molecular formula is C24H25N5OS. The van der Waals surface area contributed by atoms with Gasteiger partial charge in [0.1, 0.15) is 11.1 Å². The predicted molar refractivity (Wildman–Crippen MR) is 122 cm³/mol. The maximum Gasteiger partial charge on any atom is 0.252 e. The number of nitrogens with zero attached hydrogens (tertiary/aromatic N) is 4. The number of aromatic nitrogens is 3. The highest BCUT2D eigenvalue weighted by Crippen LogP contribution is 2.40. The van der Waals surface area contributed by atoms with Crippen LogP contribution in [-0.2, 0) is 6.42 Å². The summed E-state index contributed by atoms with van der Waals surface area (Å²) in [4.78, 5) is 17.4. The lowest BCUT2D eigenvalue weighted by molar-refractivity contribution is 0.0952. The average molecular weight is 432 g/mol. The van der Waals surface area contributed by atoms with Gasteiger partial charge in [-0.25, -0.2) is 9.67 Å². The van der Waals surface area contributed by atoms with Gasteiger partial charge in [0.2, 0.25) is 0 Å². The molecule has 0 radical (unpaired) electrons. The summed E-state index contributed by atoms with van der Waals surface area (Å²) in [6, 6.07) is 14.0. The fourth-order valence-corrected chi connectivity index (χ4v) is 4.15. The molecule has 31 heavy (non-hydrogen) atoms. The number of thioether (sulfide) groups is 1. The first-order chi connectivity index (χ1) is 15.1. The van der Waals surface area contributed by atoms with Crippen LogP contribution in [0.1, 0.15) is 58.1 Å². The van der Waals surface area contributed by atoms with Crippen molar-refractivity contribution in [3.63, 3.8) is 0 Å². The van der Waals surface area contributed by atoms with Gasteiger partial charge < -0.3 is 5.32 Å². The quantitative estimate of drug-likeness (QED) is 0.422. The SMILES string of the molecule is CSc1nc(C2CC2)cc(C(=O)NCCCc2cn(-c3ccccc3)nc2C)c1C#N. The molecule has 0 spiro atoms. The Labute approximate surface area is 186 Å². The van der Waals surface area contributed by atoms with E-state index in [-0.39, 0.29) is 5.91 Å². The number of pyridine rings is 1. The van der Waals surface area contributed by atoms with Gasteiger partial charge in [0, 0.05) is 24.4 Å². The Bertz CT molecular complexity index is 1130. The maximum absolute atomic E-state index is 12.8. The molecule has 0 bridgehead atoms. The van der Waals surface area contributed by atoms with Crippen molar-refractivity contribution in [3.05, 3.63) is 70.7 Å². The van der Waals surface area contributed by atoms with Crippen molar-refractivity contribution in [2.75, 3.05) is 12.8 Å². The molecule has 2 heterocycles. The minimum Gasteiger partial charge on any atom is -0.352 e. The predicted octanol–water partition coefficient (Wildman–Crippen LogP) is 4.41. The number of carbonyl (C=O) groups excluding carboxylic acids is 1. The summed E-state index contributed by atoms with van der Waals surface area (Å²) in [5, 5.41) is 17.8. The monoisotopic (exact) mass is 431 g/mol. The van der Waals surface area contributed by atoms with Crippen LogP contribution in [0.2, 0.25) is 0 Å². The molecule has 0 saturated heterocycles. The van der Waals surface area contributed by atoms with Crippen LogP contribution in [0, 0.1) is 18.3 Å². The molecule has 4 rings (SSSR count). The summed E-state index contributed by atoms with van der Waals surface area (Å²) in [7, 11) is 0. The number of hydrogen-bond donors (Lipinski definition) is 1. The van der Waals surface area contributed by atoms with Crippen LogP contribution in [-0.4, -0.2) is 33.5 Å². The third-order valence-electron chi connectivity index (χ3n) is 5.48. The summed E-state index contributed by atoms with van der Waals surface area (Å²) in [5.74, 6) is 0.224. The molecule has 7 heteroatoms. The number of rotatable bonds is 8. The molecule has 0 unspecified atom stereocenters. The Morgan fingerprint density at radius 2 is 2.10 bits per heavy atom. The van der Waals surface area contributed by atoms with Gasteiger partial charge in [-0.05, 0) is 62.6 Å². The molecule has 0 aliphatic heterocycles. The van der Waals surface area contributed by atoms with E-state index in [2.05, 4.69) is 27.7 Å². The zero-order chi connectivity index (χ0) is 21.8. The molecule has 1 N–H and O–H groups in total. The highest BCUT2D eigenvalue weighted by Gasteiger charge is 2.28. The highest BCUT2D eigenvalue weighted by atomic mass is 32.2. The number of para-hydroxylation sites is 1. The molecule has 3 aromatic rings.